The molecule has 1 fully saturated rings. The number of para-hydroxylation sites is 1. The number of rotatable bonds is 3. The smallest absolute Gasteiger partial charge is 0.238 e. The summed E-state index contributed by atoms with van der Waals surface area (Å²) in [6.07, 6.45) is 4.65. The van der Waals surface area contributed by atoms with E-state index >= 15 is 0 Å². The molecule has 0 aromatic heterocycles. The fraction of sp³-hybridized carbons (Fsp3) is 0.238. The molecule has 0 spiro atoms. The molecule has 2 aromatic rings. The first-order valence-electron chi connectivity index (χ1n) is 8.63. The van der Waals surface area contributed by atoms with Gasteiger partial charge in [-0.25, -0.2) is 0 Å². The van der Waals surface area contributed by atoms with Crippen molar-refractivity contribution in [3.8, 4) is 11.5 Å². The highest BCUT2D eigenvalue weighted by Crippen LogP contribution is 2.40. The van der Waals surface area contributed by atoms with Crippen LogP contribution in [0.1, 0.15) is 13.3 Å². The molecule has 1 heterocycles. The third-order valence-corrected chi connectivity index (χ3v) is 5.34. The molecule has 0 bridgehead atoms. The number of hydrogen-bond donors (Lipinski definition) is 0. The molecular formula is C21H18ClNO3. The van der Waals surface area contributed by atoms with E-state index in [0.29, 0.717) is 28.6 Å². The average Bonchev–Trinajstić information content (AvgIpc) is 2.90. The number of ether oxygens (including phenoxy) is 1. The monoisotopic (exact) mass is 367 g/mol. The molecule has 2 aromatic carbocycles. The molecule has 0 saturated carbocycles. The SMILES string of the molecule is CC1C=CCC2C(=O)N(c3ccc(Oc4ccccc4Cl)cc3)C(=O)C12. The van der Waals surface area contributed by atoms with Gasteiger partial charge in [0, 0.05) is 0 Å². The summed E-state index contributed by atoms with van der Waals surface area (Å²) < 4.78 is 5.76. The lowest BCUT2D eigenvalue weighted by Crippen LogP contribution is -2.31. The second-order valence-corrected chi connectivity index (χ2v) is 7.10. The largest absolute Gasteiger partial charge is 0.456 e. The number of halogens is 1. The van der Waals surface area contributed by atoms with Gasteiger partial charge < -0.3 is 4.74 Å². The van der Waals surface area contributed by atoms with Crippen LogP contribution in [-0.4, -0.2) is 11.8 Å². The van der Waals surface area contributed by atoms with Gasteiger partial charge in [-0.05, 0) is 48.7 Å². The first-order valence-corrected chi connectivity index (χ1v) is 9.01. The van der Waals surface area contributed by atoms with E-state index in [1.165, 1.54) is 4.90 Å². The topological polar surface area (TPSA) is 46.6 Å². The predicted molar refractivity (Wildman–Crippen MR) is 100 cm³/mol. The van der Waals surface area contributed by atoms with E-state index in [-0.39, 0.29) is 29.6 Å². The number of amides is 2. The molecule has 4 rings (SSSR count). The molecule has 132 valence electrons. The van der Waals surface area contributed by atoms with Crippen LogP contribution < -0.4 is 9.64 Å². The maximum atomic E-state index is 12.8. The molecule has 2 aliphatic rings. The van der Waals surface area contributed by atoms with Crippen LogP contribution in [0.5, 0.6) is 11.5 Å². The average molecular weight is 368 g/mol. The third kappa shape index (κ3) is 2.80. The summed E-state index contributed by atoms with van der Waals surface area (Å²) in [4.78, 5) is 26.9. The fourth-order valence-electron chi connectivity index (χ4n) is 3.72. The maximum Gasteiger partial charge on any atom is 0.238 e. The van der Waals surface area contributed by atoms with Gasteiger partial charge in [-0.2, -0.15) is 0 Å². The summed E-state index contributed by atoms with van der Waals surface area (Å²) in [5, 5.41) is 0.520. The van der Waals surface area contributed by atoms with Crippen LogP contribution >= 0.6 is 11.6 Å². The summed E-state index contributed by atoms with van der Waals surface area (Å²) in [6, 6.07) is 14.2. The highest BCUT2D eigenvalue weighted by molar-refractivity contribution is 6.32. The number of nitrogens with zero attached hydrogens (tertiary/aromatic N) is 1. The number of hydrogen-bond acceptors (Lipinski definition) is 3. The molecule has 0 radical (unpaired) electrons. The maximum absolute atomic E-state index is 12.8. The Morgan fingerprint density at radius 3 is 2.46 bits per heavy atom. The van der Waals surface area contributed by atoms with Gasteiger partial charge >= 0.3 is 0 Å². The minimum absolute atomic E-state index is 0.0815. The van der Waals surface area contributed by atoms with Crippen LogP contribution in [-0.2, 0) is 9.59 Å². The number of benzene rings is 2. The Balaban J connectivity index is 1.57. The van der Waals surface area contributed by atoms with Crippen LogP contribution in [0, 0.1) is 17.8 Å². The molecule has 1 aliphatic heterocycles. The van der Waals surface area contributed by atoms with E-state index < -0.39 is 0 Å². The number of carbonyl (C=O) groups is 2. The molecular weight excluding hydrogens is 350 g/mol. The van der Waals surface area contributed by atoms with Gasteiger partial charge in [-0.15, -0.1) is 0 Å². The van der Waals surface area contributed by atoms with E-state index in [9.17, 15) is 9.59 Å². The van der Waals surface area contributed by atoms with Crippen molar-refractivity contribution in [1.29, 1.82) is 0 Å². The van der Waals surface area contributed by atoms with Crippen molar-refractivity contribution in [2.45, 2.75) is 13.3 Å². The van der Waals surface area contributed by atoms with Crippen molar-refractivity contribution < 1.29 is 14.3 Å². The van der Waals surface area contributed by atoms with Crippen LogP contribution in [0.4, 0.5) is 5.69 Å². The molecule has 3 unspecified atom stereocenters. The van der Waals surface area contributed by atoms with Gasteiger partial charge in [0.15, 0.2) is 0 Å². The zero-order valence-electron chi connectivity index (χ0n) is 14.3. The number of allylic oxidation sites excluding steroid dienone is 2. The minimum atomic E-state index is -0.258. The Morgan fingerprint density at radius 2 is 1.77 bits per heavy atom. The van der Waals surface area contributed by atoms with E-state index in [4.69, 9.17) is 16.3 Å². The zero-order valence-corrected chi connectivity index (χ0v) is 15.0. The number of imide groups is 1. The summed E-state index contributed by atoms with van der Waals surface area (Å²) in [5.41, 5.74) is 0.577. The number of anilines is 1. The highest BCUT2D eigenvalue weighted by Gasteiger charge is 2.50. The van der Waals surface area contributed by atoms with E-state index in [1.807, 2.05) is 31.2 Å². The van der Waals surface area contributed by atoms with Gasteiger partial charge in [-0.1, -0.05) is 42.8 Å². The van der Waals surface area contributed by atoms with Crippen molar-refractivity contribution in [3.05, 3.63) is 65.7 Å². The molecule has 3 atom stereocenters. The van der Waals surface area contributed by atoms with Crippen LogP contribution in [0.25, 0.3) is 0 Å². The first kappa shape index (κ1) is 16.9. The second-order valence-electron chi connectivity index (χ2n) is 6.69. The molecule has 4 nitrogen and oxygen atoms in total. The lowest BCUT2D eigenvalue weighted by Gasteiger charge is -2.22. The normalized spacial score (nSPS) is 24.7. The van der Waals surface area contributed by atoms with Crippen LogP contribution in [0.2, 0.25) is 5.02 Å². The van der Waals surface area contributed by atoms with Crippen molar-refractivity contribution in [3.63, 3.8) is 0 Å². The van der Waals surface area contributed by atoms with Crippen molar-refractivity contribution >= 4 is 29.1 Å². The number of carbonyl (C=O) groups excluding carboxylic acids is 2. The molecule has 26 heavy (non-hydrogen) atoms. The Labute approximate surface area is 157 Å². The summed E-state index contributed by atoms with van der Waals surface area (Å²) >= 11 is 6.10. The Hall–Kier alpha value is -2.59. The van der Waals surface area contributed by atoms with E-state index in [1.54, 1.807) is 36.4 Å². The van der Waals surface area contributed by atoms with Gasteiger partial charge in [-0.3, -0.25) is 14.5 Å². The highest BCUT2D eigenvalue weighted by atomic mass is 35.5. The standard InChI is InChI=1S/C21H18ClNO3/c1-13-5-4-6-16-19(13)21(25)23(20(16)24)14-9-11-15(12-10-14)26-18-8-3-2-7-17(18)22/h2-5,7-13,16,19H,6H2,1H3. The number of fused-ring (bicyclic) bond motifs is 1. The zero-order chi connectivity index (χ0) is 18.3. The third-order valence-electron chi connectivity index (χ3n) is 5.03. The predicted octanol–water partition coefficient (Wildman–Crippen LogP) is 4.83. The lowest BCUT2D eigenvalue weighted by molar-refractivity contribution is -0.122. The minimum Gasteiger partial charge on any atom is -0.456 e. The van der Waals surface area contributed by atoms with Gasteiger partial charge in [0.25, 0.3) is 0 Å². The summed E-state index contributed by atoms with van der Waals surface area (Å²) in [5.74, 6) is 0.494. The second kappa shape index (κ2) is 6.61. The first-order chi connectivity index (χ1) is 12.6. The summed E-state index contributed by atoms with van der Waals surface area (Å²) in [7, 11) is 0. The van der Waals surface area contributed by atoms with Crippen molar-refractivity contribution in [1.82, 2.24) is 0 Å². The van der Waals surface area contributed by atoms with Gasteiger partial charge in [0.1, 0.15) is 11.5 Å². The molecule has 1 saturated heterocycles. The fourth-order valence-corrected chi connectivity index (χ4v) is 3.89. The van der Waals surface area contributed by atoms with Gasteiger partial charge in [0.05, 0.1) is 22.5 Å². The Bertz CT molecular complexity index is 890. The van der Waals surface area contributed by atoms with Gasteiger partial charge in [0.2, 0.25) is 11.8 Å². The lowest BCUT2D eigenvalue weighted by atomic mass is 9.78. The Kier molecular flexibility index (Phi) is 4.29. The van der Waals surface area contributed by atoms with Crippen LogP contribution in [0.3, 0.4) is 0 Å². The van der Waals surface area contributed by atoms with Crippen molar-refractivity contribution in [2.24, 2.45) is 17.8 Å². The molecule has 2 amide bonds. The quantitative estimate of drug-likeness (QED) is 0.576. The van der Waals surface area contributed by atoms with Crippen LogP contribution in [0.15, 0.2) is 60.7 Å². The molecule has 5 heteroatoms. The molecule has 0 N–H and O–H groups in total. The Morgan fingerprint density at radius 1 is 1.04 bits per heavy atom. The summed E-state index contributed by atoms with van der Waals surface area (Å²) in [6.45, 7) is 1.99. The van der Waals surface area contributed by atoms with E-state index in [2.05, 4.69) is 0 Å². The molecule has 1 aliphatic carbocycles. The van der Waals surface area contributed by atoms with Crippen molar-refractivity contribution in [2.75, 3.05) is 4.90 Å². The van der Waals surface area contributed by atoms with E-state index in [0.717, 1.165) is 0 Å².